The first-order valence-corrected chi connectivity index (χ1v) is 6.66. The highest BCUT2D eigenvalue weighted by Crippen LogP contribution is 2.14. The van der Waals surface area contributed by atoms with Gasteiger partial charge in [0.25, 0.3) is 5.91 Å². The zero-order valence-corrected chi connectivity index (χ0v) is 12.1. The van der Waals surface area contributed by atoms with E-state index in [9.17, 15) is 9.59 Å². The summed E-state index contributed by atoms with van der Waals surface area (Å²) in [5.41, 5.74) is 6.62. The van der Waals surface area contributed by atoms with E-state index in [4.69, 9.17) is 15.7 Å². The van der Waals surface area contributed by atoms with Crippen LogP contribution in [0.2, 0.25) is 0 Å². The molecule has 3 amide bonds. The summed E-state index contributed by atoms with van der Waals surface area (Å²) in [7, 11) is 0. The lowest BCUT2D eigenvalue weighted by molar-refractivity contribution is -0.118. The van der Waals surface area contributed by atoms with Gasteiger partial charge in [-0.05, 0) is 48.5 Å². The maximum absolute atomic E-state index is 11.8. The molecule has 0 heterocycles. The number of hydrogen-bond donors (Lipinski definition) is 3. The maximum Gasteiger partial charge on any atom is 0.316 e. The van der Waals surface area contributed by atoms with Gasteiger partial charge in [0.15, 0.2) is 6.61 Å². The lowest BCUT2D eigenvalue weighted by Gasteiger charge is -2.08. The van der Waals surface area contributed by atoms with Crippen molar-refractivity contribution in [2.24, 2.45) is 5.73 Å². The molecule has 0 saturated carbocycles. The molecule has 0 aliphatic rings. The molecular formula is C16H14N4O3. The molecule has 0 bridgehead atoms. The molecule has 0 spiro atoms. The lowest BCUT2D eigenvalue weighted by Crippen LogP contribution is -2.20. The number of carbonyl (C=O) groups excluding carboxylic acids is 2. The summed E-state index contributed by atoms with van der Waals surface area (Å²) < 4.78 is 5.32. The number of nitrogens with zero attached hydrogens (tertiary/aromatic N) is 1. The summed E-state index contributed by atoms with van der Waals surface area (Å²) in [4.78, 5) is 22.5. The second kappa shape index (κ2) is 7.47. The first-order chi connectivity index (χ1) is 11.1. The van der Waals surface area contributed by atoms with Gasteiger partial charge in [0, 0.05) is 11.4 Å². The first kappa shape index (κ1) is 15.9. The Labute approximate surface area is 132 Å². The number of nitrogens with two attached hydrogens (primary N) is 1. The largest absolute Gasteiger partial charge is 0.484 e. The molecule has 0 radical (unpaired) electrons. The fourth-order valence-corrected chi connectivity index (χ4v) is 1.75. The Bertz CT molecular complexity index is 733. The molecule has 0 aromatic heterocycles. The fraction of sp³-hybridized carbons (Fsp3) is 0.0625. The van der Waals surface area contributed by atoms with Crippen molar-refractivity contribution in [2.45, 2.75) is 0 Å². The van der Waals surface area contributed by atoms with Crippen molar-refractivity contribution in [3.63, 3.8) is 0 Å². The van der Waals surface area contributed by atoms with Crippen LogP contribution in [0.15, 0.2) is 48.5 Å². The number of nitrogens with one attached hydrogen (secondary N) is 2. The summed E-state index contributed by atoms with van der Waals surface area (Å²) in [5.74, 6) is 0.171. The normalized spacial score (nSPS) is 9.52. The summed E-state index contributed by atoms with van der Waals surface area (Å²) >= 11 is 0. The Morgan fingerprint density at radius 2 is 1.57 bits per heavy atom. The van der Waals surface area contributed by atoms with Gasteiger partial charge in [-0.25, -0.2) is 4.79 Å². The minimum Gasteiger partial charge on any atom is -0.484 e. The molecular weight excluding hydrogens is 296 g/mol. The van der Waals surface area contributed by atoms with Crippen LogP contribution in [0.3, 0.4) is 0 Å². The third-order valence-electron chi connectivity index (χ3n) is 2.79. The number of anilines is 2. The number of rotatable bonds is 5. The third kappa shape index (κ3) is 5.06. The van der Waals surface area contributed by atoms with Gasteiger partial charge >= 0.3 is 6.03 Å². The number of primary amides is 1. The van der Waals surface area contributed by atoms with E-state index in [0.29, 0.717) is 22.7 Å². The molecule has 4 N–H and O–H groups in total. The highest BCUT2D eigenvalue weighted by atomic mass is 16.5. The van der Waals surface area contributed by atoms with Crippen molar-refractivity contribution >= 4 is 23.3 Å². The molecule has 7 nitrogen and oxygen atoms in total. The van der Waals surface area contributed by atoms with Crippen LogP contribution in [0.25, 0.3) is 0 Å². The summed E-state index contributed by atoms with van der Waals surface area (Å²) in [6.07, 6.45) is 0. The molecule has 2 aromatic carbocycles. The van der Waals surface area contributed by atoms with E-state index < -0.39 is 6.03 Å². The molecule has 0 saturated heterocycles. The summed E-state index contributed by atoms with van der Waals surface area (Å²) in [6.45, 7) is -0.160. The predicted octanol–water partition coefficient (Wildman–Crippen LogP) is 2.07. The Morgan fingerprint density at radius 3 is 2.09 bits per heavy atom. The fourth-order valence-electron chi connectivity index (χ4n) is 1.75. The Hall–Kier alpha value is -3.53. The molecule has 23 heavy (non-hydrogen) atoms. The highest BCUT2D eigenvalue weighted by molar-refractivity contribution is 5.92. The number of carbonyl (C=O) groups is 2. The van der Waals surface area contributed by atoms with Gasteiger partial charge in [-0.3, -0.25) is 4.79 Å². The number of amides is 3. The van der Waals surface area contributed by atoms with E-state index in [-0.39, 0.29) is 12.5 Å². The predicted molar refractivity (Wildman–Crippen MR) is 84.9 cm³/mol. The van der Waals surface area contributed by atoms with Crippen LogP contribution in [0.5, 0.6) is 5.75 Å². The van der Waals surface area contributed by atoms with Crippen molar-refractivity contribution in [3.8, 4) is 11.8 Å². The second-order valence-corrected chi connectivity index (χ2v) is 4.54. The van der Waals surface area contributed by atoms with Gasteiger partial charge in [0.05, 0.1) is 11.6 Å². The third-order valence-corrected chi connectivity index (χ3v) is 2.79. The summed E-state index contributed by atoms with van der Waals surface area (Å²) in [6, 6.07) is 14.3. The van der Waals surface area contributed by atoms with E-state index in [1.807, 2.05) is 6.07 Å². The van der Waals surface area contributed by atoms with Crippen LogP contribution < -0.4 is 21.1 Å². The van der Waals surface area contributed by atoms with Crippen LogP contribution in [-0.4, -0.2) is 18.5 Å². The number of hydrogen-bond acceptors (Lipinski definition) is 4. The number of benzene rings is 2. The van der Waals surface area contributed by atoms with Crippen molar-refractivity contribution < 1.29 is 14.3 Å². The molecule has 0 atom stereocenters. The van der Waals surface area contributed by atoms with Crippen molar-refractivity contribution in [1.82, 2.24) is 0 Å². The topological polar surface area (TPSA) is 117 Å². The zero-order chi connectivity index (χ0) is 16.7. The molecule has 0 fully saturated rings. The van der Waals surface area contributed by atoms with Crippen molar-refractivity contribution in [3.05, 3.63) is 54.1 Å². The van der Waals surface area contributed by atoms with Crippen LogP contribution in [-0.2, 0) is 4.79 Å². The van der Waals surface area contributed by atoms with Crippen molar-refractivity contribution in [2.75, 3.05) is 17.2 Å². The second-order valence-electron chi connectivity index (χ2n) is 4.54. The van der Waals surface area contributed by atoms with E-state index in [0.717, 1.165) is 0 Å². The van der Waals surface area contributed by atoms with Crippen molar-refractivity contribution in [1.29, 1.82) is 5.26 Å². The quantitative estimate of drug-likeness (QED) is 0.783. The first-order valence-electron chi connectivity index (χ1n) is 6.66. The molecule has 7 heteroatoms. The molecule has 0 aliphatic heterocycles. The van der Waals surface area contributed by atoms with Gasteiger partial charge in [-0.15, -0.1) is 0 Å². The number of nitriles is 1. The molecule has 0 aliphatic carbocycles. The van der Waals surface area contributed by atoms with E-state index in [1.165, 1.54) is 0 Å². The Kier molecular flexibility index (Phi) is 5.15. The Morgan fingerprint density at radius 1 is 1.00 bits per heavy atom. The average molecular weight is 310 g/mol. The smallest absolute Gasteiger partial charge is 0.316 e. The van der Waals surface area contributed by atoms with Crippen LogP contribution in [0.4, 0.5) is 16.2 Å². The number of ether oxygens (including phenoxy) is 1. The van der Waals surface area contributed by atoms with E-state index >= 15 is 0 Å². The number of urea groups is 1. The minimum atomic E-state index is -0.655. The zero-order valence-electron chi connectivity index (χ0n) is 12.1. The molecule has 0 unspecified atom stereocenters. The van der Waals surface area contributed by atoms with Gasteiger partial charge in [-0.1, -0.05) is 0 Å². The highest BCUT2D eigenvalue weighted by Gasteiger charge is 2.04. The maximum atomic E-state index is 11.8. The minimum absolute atomic E-state index is 0.160. The lowest BCUT2D eigenvalue weighted by atomic mass is 10.2. The van der Waals surface area contributed by atoms with E-state index in [1.54, 1.807) is 48.5 Å². The van der Waals surface area contributed by atoms with Crippen LogP contribution >= 0.6 is 0 Å². The van der Waals surface area contributed by atoms with Crippen LogP contribution in [0, 0.1) is 11.3 Å². The SMILES string of the molecule is N#Cc1ccc(OCC(=O)Nc2ccc(NC(N)=O)cc2)cc1. The van der Waals surface area contributed by atoms with Gasteiger partial charge in [-0.2, -0.15) is 5.26 Å². The monoisotopic (exact) mass is 310 g/mol. The molecule has 2 rings (SSSR count). The molecule has 2 aromatic rings. The molecule has 116 valence electrons. The summed E-state index contributed by atoms with van der Waals surface area (Å²) in [5, 5.41) is 13.8. The van der Waals surface area contributed by atoms with Gasteiger partial charge < -0.3 is 21.1 Å². The standard InChI is InChI=1S/C16H14N4O3/c17-9-11-1-7-14(8-2-11)23-10-15(21)19-12-3-5-13(6-4-12)20-16(18)22/h1-8H,10H2,(H,19,21)(H3,18,20,22). The van der Waals surface area contributed by atoms with Crippen LogP contribution in [0.1, 0.15) is 5.56 Å². The van der Waals surface area contributed by atoms with Gasteiger partial charge in [0.1, 0.15) is 5.75 Å². The Balaban J connectivity index is 1.84. The average Bonchev–Trinajstić information content (AvgIpc) is 2.55. The van der Waals surface area contributed by atoms with E-state index in [2.05, 4.69) is 10.6 Å². The van der Waals surface area contributed by atoms with Gasteiger partial charge in [0.2, 0.25) is 0 Å².